The van der Waals surface area contributed by atoms with Crippen molar-refractivity contribution in [2.24, 2.45) is 0 Å². The maximum atomic E-state index is 13.1. The minimum atomic E-state index is -0.488. The van der Waals surface area contributed by atoms with Gasteiger partial charge in [-0.1, -0.05) is 90.1 Å². The van der Waals surface area contributed by atoms with Crippen molar-refractivity contribution in [2.75, 3.05) is 26.4 Å². The second kappa shape index (κ2) is 20.6. The van der Waals surface area contributed by atoms with Crippen molar-refractivity contribution in [1.82, 2.24) is 0 Å². The number of hydrogen-bond donors (Lipinski definition) is 0. The van der Waals surface area contributed by atoms with Crippen molar-refractivity contribution in [1.29, 1.82) is 0 Å². The Kier molecular flexibility index (Phi) is 15.4. The molecule has 4 aromatic rings. The molecule has 8 nitrogen and oxygen atoms in total. The highest BCUT2D eigenvalue weighted by Crippen LogP contribution is 2.55. The lowest BCUT2D eigenvalue weighted by molar-refractivity contribution is -0.130. The summed E-state index contributed by atoms with van der Waals surface area (Å²) in [5.74, 6) is 1.97. The lowest BCUT2D eigenvalue weighted by Crippen LogP contribution is -2.12. The lowest BCUT2D eigenvalue weighted by Gasteiger charge is -2.26. The molecule has 0 spiro atoms. The maximum Gasteiger partial charge on any atom is 0.335 e. The molecule has 0 fully saturated rings. The molecule has 4 aromatic carbocycles. The zero-order chi connectivity index (χ0) is 40.9. The Labute approximate surface area is 338 Å². The fourth-order valence-electron chi connectivity index (χ4n) is 7.27. The van der Waals surface area contributed by atoms with Crippen molar-refractivity contribution >= 4 is 11.9 Å². The molecule has 1 aliphatic carbocycles. The summed E-state index contributed by atoms with van der Waals surface area (Å²) in [6, 6.07) is 16.8. The number of allylic oxidation sites excluding steroid dienone is 2. The van der Waals surface area contributed by atoms with Crippen molar-refractivity contribution in [3.63, 3.8) is 0 Å². The van der Waals surface area contributed by atoms with Crippen LogP contribution in [0.2, 0.25) is 0 Å². The molecule has 0 saturated heterocycles. The summed E-state index contributed by atoms with van der Waals surface area (Å²) in [5.41, 5.74) is 9.67. The van der Waals surface area contributed by atoms with Crippen LogP contribution < -0.4 is 28.4 Å². The average molecular weight is 775 g/mol. The van der Waals surface area contributed by atoms with Crippen molar-refractivity contribution in [3.05, 3.63) is 95.1 Å². The molecule has 0 saturated carbocycles. The number of carbonyl (C=O) groups excluding carboxylic acids is 2. The van der Waals surface area contributed by atoms with Crippen molar-refractivity contribution in [3.8, 4) is 67.9 Å². The molecule has 0 atom stereocenters. The highest BCUT2D eigenvalue weighted by Gasteiger charge is 2.32. The zero-order valence-electron chi connectivity index (χ0n) is 35.0. The van der Waals surface area contributed by atoms with Gasteiger partial charge in [-0.2, -0.15) is 0 Å². The van der Waals surface area contributed by atoms with E-state index in [4.69, 9.17) is 28.4 Å². The first-order valence-corrected chi connectivity index (χ1v) is 20.6. The first kappa shape index (κ1) is 42.6. The standard InChI is InChI=1S/C49H58O8/c1-9-19-43(50)56-48-33(15-7)46(54-27-13-5)39(30-41(48)52-25-11-3)37-24-23-36-35-22-18-17-21-32(35)29-38(36)45(37)40-31-42(53-26-12-4)49(57-44(51)20-10-2)34(16-8)47(40)55-28-14-6/h9-10,17-24,30-31H,11-16,25-29H2,1-8H3. The molecule has 0 N–H and O–H groups in total. The number of rotatable bonds is 20. The van der Waals surface area contributed by atoms with Gasteiger partial charge in [0.15, 0.2) is 23.0 Å². The van der Waals surface area contributed by atoms with E-state index in [2.05, 4.69) is 50.2 Å². The summed E-state index contributed by atoms with van der Waals surface area (Å²) in [5, 5.41) is 0. The third-order valence-electron chi connectivity index (χ3n) is 9.67. The fourth-order valence-corrected chi connectivity index (χ4v) is 7.27. The highest BCUT2D eigenvalue weighted by atomic mass is 16.6. The first-order valence-electron chi connectivity index (χ1n) is 20.6. The van der Waals surface area contributed by atoms with Crippen LogP contribution in [0.25, 0.3) is 33.4 Å². The molecule has 57 heavy (non-hydrogen) atoms. The van der Waals surface area contributed by atoms with E-state index in [-0.39, 0.29) is 0 Å². The van der Waals surface area contributed by atoms with E-state index >= 15 is 0 Å². The summed E-state index contributed by atoms with van der Waals surface area (Å²) < 4.78 is 38.4. The summed E-state index contributed by atoms with van der Waals surface area (Å²) in [7, 11) is 0. The Bertz CT molecular complexity index is 2110. The number of carbonyl (C=O) groups is 2. The first-order chi connectivity index (χ1) is 27.8. The summed E-state index contributed by atoms with van der Waals surface area (Å²) in [6.07, 6.45) is 10.9. The molecule has 0 radical (unpaired) electrons. The van der Waals surface area contributed by atoms with Crippen LogP contribution in [0.1, 0.15) is 103 Å². The van der Waals surface area contributed by atoms with Crippen LogP contribution in [0.5, 0.6) is 34.5 Å². The van der Waals surface area contributed by atoms with Crippen LogP contribution in [0.15, 0.2) is 72.8 Å². The summed E-state index contributed by atoms with van der Waals surface area (Å²) in [6.45, 7) is 17.6. The van der Waals surface area contributed by atoms with Gasteiger partial charge in [0.05, 0.1) is 26.4 Å². The Morgan fingerprint density at radius 3 is 1.53 bits per heavy atom. The number of benzene rings is 4. The monoisotopic (exact) mass is 774 g/mol. The minimum absolute atomic E-state index is 0.363. The van der Waals surface area contributed by atoms with Gasteiger partial charge in [0.25, 0.3) is 0 Å². The van der Waals surface area contributed by atoms with E-state index < -0.39 is 11.9 Å². The smallest absolute Gasteiger partial charge is 0.335 e. The van der Waals surface area contributed by atoms with Crippen LogP contribution in [0.3, 0.4) is 0 Å². The number of hydrogen-bond acceptors (Lipinski definition) is 8. The van der Waals surface area contributed by atoms with Gasteiger partial charge in [-0.3, -0.25) is 0 Å². The van der Waals surface area contributed by atoms with Gasteiger partial charge >= 0.3 is 11.9 Å². The second-order valence-electron chi connectivity index (χ2n) is 13.9. The Morgan fingerprint density at radius 1 is 0.544 bits per heavy atom. The second-order valence-corrected chi connectivity index (χ2v) is 13.9. The van der Waals surface area contributed by atoms with E-state index in [1.165, 1.54) is 23.3 Å². The third-order valence-corrected chi connectivity index (χ3v) is 9.67. The van der Waals surface area contributed by atoms with Gasteiger partial charge in [0.2, 0.25) is 0 Å². The van der Waals surface area contributed by atoms with Crippen LogP contribution in [-0.2, 0) is 28.9 Å². The molecular formula is C49H58O8. The average Bonchev–Trinajstić information content (AvgIpc) is 3.59. The van der Waals surface area contributed by atoms with Gasteiger partial charge in [0, 0.05) is 34.4 Å². The van der Waals surface area contributed by atoms with E-state index in [0.717, 1.165) is 70.2 Å². The summed E-state index contributed by atoms with van der Waals surface area (Å²) >= 11 is 0. The number of fused-ring (bicyclic) bond motifs is 3. The molecule has 0 aliphatic heterocycles. The van der Waals surface area contributed by atoms with Crippen molar-refractivity contribution in [2.45, 2.75) is 100 Å². The molecule has 0 unspecified atom stereocenters. The largest absolute Gasteiger partial charge is 0.493 e. The Balaban J connectivity index is 1.96. The SMILES string of the molecule is CC=CC(=O)Oc1c(OCCC)cc(-c2ccc3c(c2-c2cc(OCCC)c(OC(=O)C=CC)c(CC)c2OCCC)Cc2ccccc2-3)c(OCCC)c1CC. The topological polar surface area (TPSA) is 89.5 Å². The van der Waals surface area contributed by atoms with Crippen LogP contribution >= 0.6 is 0 Å². The van der Waals surface area contributed by atoms with Crippen LogP contribution in [0.4, 0.5) is 0 Å². The molecule has 302 valence electrons. The quantitative estimate of drug-likeness (QED) is 0.0439. The normalized spacial score (nSPS) is 11.8. The van der Waals surface area contributed by atoms with E-state index in [1.807, 2.05) is 39.8 Å². The van der Waals surface area contributed by atoms with Gasteiger partial charge < -0.3 is 28.4 Å². The Morgan fingerprint density at radius 2 is 1.02 bits per heavy atom. The third kappa shape index (κ3) is 9.39. The molecule has 1 aliphatic rings. The summed E-state index contributed by atoms with van der Waals surface area (Å²) in [4.78, 5) is 26.1. The maximum absolute atomic E-state index is 13.1. The predicted molar refractivity (Wildman–Crippen MR) is 228 cm³/mol. The Hall–Kier alpha value is -5.50. The zero-order valence-corrected chi connectivity index (χ0v) is 35.0. The molecule has 0 bridgehead atoms. The van der Waals surface area contributed by atoms with E-state index in [0.29, 0.717) is 80.2 Å². The molecular weight excluding hydrogens is 717 g/mol. The van der Waals surface area contributed by atoms with E-state index in [9.17, 15) is 9.59 Å². The predicted octanol–water partition coefficient (Wildman–Crippen LogP) is 11.8. The molecule has 8 heteroatoms. The van der Waals surface area contributed by atoms with Gasteiger partial charge in [-0.05, 0) is 104 Å². The van der Waals surface area contributed by atoms with Crippen molar-refractivity contribution < 1.29 is 38.0 Å². The van der Waals surface area contributed by atoms with Crippen LogP contribution in [-0.4, -0.2) is 38.4 Å². The van der Waals surface area contributed by atoms with E-state index in [1.54, 1.807) is 26.0 Å². The molecule has 0 heterocycles. The van der Waals surface area contributed by atoms with Gasteiger partial charge in [-0.15, -0.1) is 0 Å². The molecule has 0 amide bonds. The lowest BCUT2D eigenvalue weighted by atomic mass is 9.85. The minimum Gasteiger partial charge on any atom is -0.493 e. The number of esters is 2. The number of ether oxygens (including phenoxy) is 6. The van der Waals surface area contributed by atoms with Crippen LogP contribution in [0, 0.1) is 0 Å². The van der Waals surface area contributed by atoms with Gasteiger partial charge in [-0.25, -0.2) is 9.59 Å². The highest BCUT2D eigenvalue weighted by molar-refractivity contribution is 5.99. The molecule has 0 aromatic heterocycles. The van der Waals surface area contributed by atoms with Gasteiger partial charge in [0.1, 0.15) is 11.5 Å². The fraction of sp³-hybridized carbons (Fsp3) is 0.388. The molecule has 5 rings (SSSR count).